The number of hydrogen-bond donors (Lipinski definition) is 0. The Morgan fingerprint density at radius 2 is 2.00 bits per heavy atom. The SMILES string of the molecule is CCOP(C)(=O)CCC=Nc1ccc(OC)cc1. The van der Waals surface area contributed by atoms with Gasteiger partial charge in [-0.15, -0.1) is 0 Å². The van der Waals surface area contributed by atoms with E-state index in [1.165, 1.54) is 0 Å². The van der Waals surface area contributed by atoms with Gasteiger partial charge in [0.2, 0.25) is 7.37 Å². The summed E-state index contributed by atoms with van der Waals surface area (Å²) in [6, 6.07) is 7.47. The summed E-state index contributed by atoms with van der Waals surface area (Å²) in [7, 11) is -0.808. The zero-order chi connectivity index (χ0) is 13.4. The quantitative estimate of drug-likeness (QED) is 0.559. The highest BCUT2D eigenvalue weighted by Crippen LogP contribution is 2.42. The summed E-state index contributed by atoms with van der Waals surface area (Å²) in [6.07, 6.45) is 2.96. The van der Waals surface area contributed by atoms with Crippen LogP contribution in [0.4, 0.5) is 5.69 Å². The Morgan fingerprint density at radius 1 is 1.33 bits per heavy atom. The molecule has 0 heterocycles. The fourth-order valence-electron chi connectivity index (χ4n) is 1.47. The third-order valence-corrected chi connectivity index (χ3v) is 4.25. The summed E-state index contributed by atoms with van der Waals surface area (Å²) in [5.74, 6) is 0.809. The predicted octanol–water partition coefficient (Wildman–Crippen LogP) is 3.73. The molecule has 0 radical (unpaired) electrons. The molecule has 0 amide bonds. The van der Waals surface area contributed by atoms with Gasteiger partial charge in [-0.2, -0.15) is 0 Å². The molecule has 0 aromatic heterocycles. The highest BCUT2D eigenvalue weighted by atomic mass is 31.2. The van der Waals surface area contributed by atoms with Crippen molar-refractivity contribution in [1.82, 2.24) is 0 Å². The van der Waals surface area contributed by atoms with Crippen molar-refractivity contribution in [2.75, 3.05) is 26.5 Å². The molecular weight excluding hydrogens is 249 g/mol. The molecule has 1 rings (SSSR count). The molecular formula is C13H20NO3P. The number of ether oxygens (including phenoxy) is 1. The van der Waals surface area contributed by atoms with E-state index in [1.807, 2.05) is 31.2 Å². The number of aliphatic imine (C=N–C) groups is 1. The fourth-order valence-corrected chi connectivity index (χ4v) is 2.73. The number of nitrogens with zero attached hydrogens (tertiary/aromatic N) is 1. The van der Waals surface area contributed by atoms with E-state index >= 15 is 0 Å². The Bertz CT molecular complexity index is 428. The first-order valence-corrected chi connectivity index (χ1v) is 8.21. The highest BCUT2D eigenvalue weighted by molar-refractivity contribution is 7.58. The van der Waals surface area contributed by atoms with E-state index in [4.69, 9.17) is 9.26 Å². The van der Waals surface area contributed by atoms with E-state index < -0.39 is 7.37 Å². The normalized spacial score (nSPS) is 14.6. The summed E-state index contributed by atoms with van der Waals surface area (Å²) in [5, 5.41) is 0. The smallest absolute Gasteiger partial charge is 0.200 e. The summed E-state index contributed by atoms with van der Waals surface area (Å²) in [4.78, 5) is 4.29. The molecule has 100 valence electrons. The molecule has 0 aliphatic carbocycles. The lowest BCUT2D eigenvalue weighted by Crippen LogP contribution is -1.94. The fraction of sp³-hybridized carbons (Fsp3) is 0.462. The summed E-state index contributed by atoms with van der Waals surface area (Å²) >= 11 is 0. The minimum atomic E-state index is -2.44. The predicted molar refractivity (Wildman–Crippen MR) is 75.8 cm³/mol. The number of benzene rings is 1. The Labute approximate surface area is 108 Å². The zero-order valence-electron chi connectivity index (χ0n) is 11.1. The molecule has 1 aromatic carbocycles. The van der Waals surface area contributed by atoms with Gasteiger partial charge < -0.3 is 9.26 Å². The van der Waals surface area contributed by atoms with Crippen LogP contribution in [0.15, 0.2) is 29.3 Å². The summed E-state index contributed by atoms with van der Waals surface area (Å²) < 4.78 is 22.1. The standard InChI is InChI=1S/C13H20NO3P/c1-4-17-18(3,15)11-5-10-14-12-6-8-13(16-2)9-7-12/h6-10H,4-5,11H2,1-3H3. The molecule has 0 saturated carbocycles. The second-order valence-corrected chi connectivity index (χ2v) is 6.69. The van der Waals surface area contributed by atoms with Gasteiger partial charge in [-0.25, -0.2) is 0 Å². The van der Waals surface area contributed by atoms with Gasteiger partial charge in [0.15, 0.2) is 0 Å². The minimum absolute atomic E-state index is 0.489. The molecule has 1 unspecified atom stereocenters. The van der Waals surface area contributed by atoms with Crippen molar-refractivity contribution in [2.45, 2.75) is 13.3 Å². The third-order valence-electron chi connectivity index (χ3n) is 2.38. The van der Waals surface area contributed by atoms with E-state index in [2.05, 4.69) is 4.99 Å². The molecule has 0 aliphatic rings. The van der Waals surface area contributed by atoms with Crippen LogP contribution in [0.3, 0.4) is 0 Å². The van der Waals surface area contributed by atoms with Gasteiger partial charge in [0.1, 0.15) is 5.75 Å². The maximum atomic E-state index is 11.8. The van der Waals surface area contributed by atoms with Crippen molar-refractivity contribution in [1.29, 1.82) is 0 Å². The zero-order valence-corrected chi connectivity index (χ0v) is 12.0. The van der Waals surface area contributed by atoms with Gasteiger partial charge in [-0.3, -0.25) is 9.56 Å². The molecule has 0 aliphatic heterocycles. The van der Waals surface area contributed by atoms with E-state index in [0.29, 0.717) is 19.2 Å². The van der Waals surface area contributed by atoms with Crippen LogP contribution in [-0.4, -0.2) is 32.8 Å². The van der Waals surface area contributed by atoms with Crippen molar-refractivity contribution < 1.29 is 13.8 Å². The molecule has 5 heteroatoms. The number of methoxy groups -OCH3 is 1. The van der Waals surface area contributed by atoms with Gasteiger partial charge in [-0.1, -0.05) is 0 Å². The van der Waals surface area contributed by atoms with Gasteiger partial charge in [0.05, 0.1) is 19.4 Å². The van der Waals surface area contributed by atoms with Gasteiger partial charge >= 0.3 is 0 Å². The van der Waals surface area contributed by atoms with Crippen molar-refractivity contribution in [3.05, 3.63) is 24.3 Å². The van der Waals surface area contributed by atoms with Crippen LogP contribution < -0.4 is 4.74 Å². The molecule has 0 saturated heterocycles. The van der Waals surface area contributed by atoms with Crippen LogP contribution in [0, 0.1) is 0 Å². The van der Waals surface area contributed by atoms with Crippen LogP contribution in [0.2, 0.25) is 0 Å². The molecule has 1 atom stereocenters. The van der Waals surface area contributed by atoms with Crippen LogP contribution >= 0.6 is 7.37 Å². The Hall–Kier alpha value is -1.12. The van der Waals surface area contributed by atoms with Crippen LogP contribution in [0.25, 0.3) is 0 Å². The lowest BCUT2D eigenvalue weighted by molar-refractivity contribution is 0.337. The van der Waals surface area contributed by atoms with Gasteiger partial charge in [0, 0.05) is 19.0 Å². The monoisotopic (exact) mass is 269 g/mol. The highest BCUT2D eigenvalue weighted by Gasteiger charge is 2.12. The van der Waals surface area contributed by atoms with E-state index in [0.717, 1.165) is 11.4 Å². The summed E-state index contributed by atoms with van der Waals surface area (Å²) in [6.45, 7) is 4.00. The average molecular weight is 269 g/mol. The first kappa shape index (κ1) is 14.9. The molecule has 1 aromatic rings. The molecule has 0 N–H and O–H groups in total. The first-order valence-electron chi connectivity index (χ1n) is 5.95. The lowest BCUT2D eigenvalue weighted by atomic mass is 10.3. The molecule has 4 nitrogen and oxygen atoms in total. The molecule has 0 bridgehead atoms. The molecule has 0 fully saturated rings. The Balaban J connectivity index is 2.42. The second-order valence-electron chi connectivity index (χ2n) is 3.95. The average Bonchev–Trinajstić information content (AvgIpc) is 2.35. The van der Waals surface area contributed by atoms with E-state index in [-0.39, 0.29) is 0 Å². The molecule has 0 spiro atoms. The van der Waals surface area contributed by atoms with Crippen molar-refractivity contribution in [3.63, 3.8) is 0 Å². The second kappa shape index (κ2) is 7.34. The van der Waals surface area contributed by atoms with Crippen LogP contribution in [0.5, 0.6) is 5.75 Å². The van der Waals surface area contributed by atoms with Gasteiger partial charge in [0.25, 0.3) is 0 Å². The Kier molecular flexibility index (Phi) is 6.10. The van der Waals surface area contributed by atoms with Crippen molar-refractivity contribution >= 4 is 19.3 Å². The maximum Gasteiger partial charge on any atom is 0.200 e. The number of rotatable bonds is 7. The van der Waals surface area contributed by atoms with E-state index in [1.54, 1.807) is 20.0 Å². The van der Waals surface area contributed by atoms with Gasteiger partial charge in [-0.05, 0) is 37.6 Å². The lowest BCUT2D eigenvalue weighted by Gasteiger charge is -2.10. The van der Waals surface area contributed by atoms with Crippen LogP contribution in [-0.2, 0) is 9.09 Å². The topological polar surface area (TPSA) is 47.9 Å². The first-order chi connectivity index (χ1) is 8.57. The number of hydrogen-bond acceptors (Lipinski definition) is 4. The minimum Gasteiger partial charge on any atom is -0.497 e. The maximum absolute atomic E-state index is 11.8. The summed E-state index contributed by atoms with van der Waals surface area (Å²) in [5.41, 5.74) is 0.859. The largest absolute Gasteiger partial charge is 0.497 e. The third kappa shape index (κ3) is 5.48. The molecule has 18 heavy (non-hydrogen) atoms. The Morgan fingerprint density at radius 3 is 2.56 bits per heavy atom. The van der Waals surface area contributed by atoms with E-state index in [9.17, 15) is 4.57 Å². The van der Waals surface area contributed by atoms with Crippen molar-refractivity contribution in [3.8, 4) is 5.75 Å². The van der Waals surface area contributed by atoms with Crippen LogP contribution in [0.1, 0.15) is 13.3 Å². The van der Waals surface area contributed by atoms with Crippen molar-refractivity contribution in [2.24, 2.45) is 4.99 Å².